The van der Waals surface area contributed by atoms with E-state index in [-0.39, 0.29) is 42.2 Å². The van der Waals surface area contributed by atoms with Crippen molar-refractivity contribution in [2.45, 2.75) is 31.7 Å². The fourth-order valence-corrected chi connectivity index (χ4v) is 3.66. The van der Waals surface area contributed by atoms with Gasteiger partial charge in [-0.15, -0.1) is 0 Å². The van der Waals surface area contributed by atoms with Gasteiger partial charge < -0.3 is 15.4 Å². The molecule has 14 nitrogen and oxygen atoms in total. The molecule has 2 aliphatic heterocycles. The summed E-state index contributed by atoms with van der Waals surface area (Å²) in [6.45, 7) is 0.0104. The van der Waals surface area contributed by atoms with Crippen molar-refractivity contribution in [3.8, 4) is 5.75 Å². The van der Waals surface area contributed by atoms with Crippen LogP contribution in [0.4, 0.5) is 0 Å². The molecule has 0 aromatic heterocycles. The van der Waals surface area contributed by atoms with Crippen LogP contribution in [0.15, 0.2) is 23.3 Å². The van der Waals surface area contributed by atoms with Crippen molar-refractivity contribution in [1.82, 2.24) is 20.9 Å². The summed E-state index contributed by atoms with van der Waals surface area (Å²) in [4.78, 5) is 76.1. The number of carbonyl (C=O) groups excluding carboxylic acids is 6. The Morgan fingerprint density at radius 1 is 1.11 bits per heavy atom. The molecule has 184 valence electrons. The van der Waals surface area contributed by atoms with Gasteiger partial charge in [0.25, 0.3) is 17.7 Å². The number of amides is 6. The molecule has 1 saturated heterocycles. The molecule has 3 rings (SSSR count). The van der Waals surface area contributed by atoms with E-state index < -0.39 is 42.2 Å². The third kappa shape index (κ3) is 6.12. The highest BCUT2D eigenvalue weighted by Crippen LogP contribution is 2.33. The highest BCUT2D eigenvalue weighted by molar-refractivity contribution is 6.24. The molecule has 1 aromatic carbocycles. The molecule has 1 atom stereocenters. The minimum absolute atomic E-state index is 0.00938. The van der Waals surface area contributed by atoms with Crippen LogP contribution in [0.25, 0.3) is 10.4 Å². The van der Waals surface area contributed by atoms with E-state index in [0.717, 1.165) is 4.90 Å². The first-order valence-electron chi connectivity index (χ1n) is 10.8. The van der Waals surface area contributed by atoms with E-state index in [1.165, 1.54) is 18.2 Å². The van der Waals surface area contributed by atoms with Crippen LogP contribution in [0.1, 0.15) is 46.4 Å². The maximum Gasteiger partial charge on any atom is 0.266 e. The summed E-state index contributed by atoms with van der Waals surface area (Å²) >= 11 is 0. The average Bonchev–Trinajstić information content (AvgIpc) is 3.09. The molecule has 0 bridgehead atoms. The van der Waals surface area contributed by atoms with Gasteiger partial charge in [-0.1, -0.05) is 11.2 Å². The molecule has 0 spiro atoms. The topological polar surface area (TPSA) is 200 Å². The van der Waals surface area contributed by atoms with Crippen molar-refractivity contribution >= 4 is 35.4 Å². The average molecular weight is 485 g/mol. The maximum atomic E-state index is 13.0. The van der Waals surface area contributed by atoms with E-state index in [9.17, 15) is 28.8 Å². The molecule has 0 radical (unpaired) electrons. The lowest BCUT2D eigenvalue weighted by molar-refractivity contribution is -0.136. The number of nitrogens with one attached hydrogen (secondary N) is 3. The van der Waals surface area contributed by atoms with E-state index in [2.05, 4.69) is 26.0 Å². The maximum absolute atomic E-state index is 13.0. The Kier molecular flexibility index (Phi) is 8.35. The highest BCUT2D eigenvalue weighted by atomic mass is 16.5. The summed E-state index contributed by atoms with van der Waals surface area (Å²) in [5, 5.41) is 10.5. The largest absolute Gasteiger partial charge is 0.483 e. The first-order chi connectivity index (χ1) is 16.8. The molecule has 2 aliphatic rings. The Balaban J connectivity index is 1.49. The zero-order valence-corrected chi connectivity index (χ0v) is 18.6. The summed E-state index contributed by atoms with van der Waals surface area (Å²) in [6, 6.07) is 3.28. The van der Waals surface area contributed by atoms with Crippen LogP contribution in [-0.4, -0.2) is 72.6 Å². The molecule has 0 aliphatic carbocycles. The Morgan fingerprint density at radius 3 is 2.51 bits per heavy atom. The second kappa shape index (κ2) is 11.6. The Morgan fingerprint density at radius 2 is 1.83 bits per heavy atom. The first-order valence-corrected chi connectivity index (χ1v) is 10.8. The van der Waals surface area contributed by atoms with Gasteiger partial charge in [-0.2, -0.15) is 0 Å². The zero-order chi connectivity index (χ0) is 25.4. The lowest BCUT2D eigenvalue weighted by Gasteiger charge is -2.27. The number of ether oxygens (including phenoxy) is 1. The number of nitrogens with zero attached hydrogens (tertiary/aromatic N) is 4. The molecule has 14 heteroatoms. The van der Waals surface area contributed by atoms with E-state index in [1.54, 1.807) is 0 Å². The normalized spacial score (nSPS) is 16.8. The van der Waals surface area contributed by atoms with Crippen molar-refractivity contribution in [2.24, 2.45) is 5.11 Å². The standard InChI is InChI=1S/C21H23N7O7/c22-27-25-10-16(30)23-8-1-2-9-24-17(31)11-35-14-5-3-4-12-18(14)21(34)28(20(12)33)13-6-7-15(29)26-19(13)32/h3-5,13H,1-2,6-11H2,(H,23,30)(H,24,31)(H,26,29,32). The molecular formula is C21H23N7O7. The third-order valence-corrected chi connectivity index (χ3v) is 5.31. The smallest absolute Gasteiger partial charge is 0.266 e. The van der Waals surface area contributed by atoms with Crippen LogP contribution in [0, 0.1) is 0 Å². The van der Waals surface area contributed by atoms with Crippen molar-refractivity contribution < 1.29 is 33.5 Å². The van der Waals surface area contributed by atoms with Crippen molar-refractivity contribution in [2.75, 3.05) is 26.2 Å². The third-order valence-electron chi connectivity index (χ3n) is 5.31. The predicted molar refractivity (Wildman–Crippen MR) is 118 cm³/mol. The van der Waals surface area contributed by atoms with Gasteiger partial charge in [-0.05, 0) is 36.9 Å². The number of unbranched alkanes of at least 4 members (excludes halogenated alkanes) is 1. The molecular weight excluding hydrogens is 462 g/mol. The van der Waals surface area contributed by atoms with Crippen LogP contribution >= 0.6 is 0 Å². The second-order valence-electron chi connectivity index (χ2n) is 7.71. The first kappa shape index (κ1) is 25.2. The van der Waals surface area contributed by atoms with Gasteiger partial charge in [-0.3, -0.25) is 39.0 Å². The lowest BCUT2D eigenvalue weighted by Crippen LogP contribution is -2.54. The molecule has 0 saturated carbocycles. The Hall–Kier alpha value is -4.45. The summed E-state index contributed by atoms with van der Waals surface area (Å²) in [6.07, 6.45) is 1.20. The van der Waals surface area contributed by atoms with Crippen LogP contribution in [0.5, 0.6) is 5.75 Å². The van der Waals surface area contributed by atoms with Crippen LogP contribution in [0.3, 0.4) is 0 Å². The molecule has 35 heavy (non-hydrogen) atoms. The molecule has 1 unspecified atom stereocenters. The molecule has 3 N–H and O–H groups in total. The van der Waals surface area contributed by atoms with E-state index in [0.29, 0.717) is 25.9 Å². The predicted octanol–water partition coefficient (Wildman–Crippen LogP) is -0.210. The van der Waals surface area contributed by atoms with Gasteiger partial charge in [0, 0.05) is 24.4 Å². The number of piperidine rings is 1. The number of carbonyl (C=O) groups is 6. The monoisotopic (exact) mass is 485 g/mol. The summed E-state index contributed by atoms with van der Waals surface area (Å²) in [5.74, 6) is -3.37. The van der Waals surface area contributed by atoms with Crippen LogP contribution in [-0.2, 0) is 19.2 Å². The molecule has 6 amide bonds. The summed E-state index contributed by atoms with van der Waals surface area (Å²) in [5.41, 5.74) is 8.17. The number of hydrogen-bond donors (Lipinski definition) is 3. The zero-order valence-electron chi connectivity index (χ0n) is 18.6. The number of azide groups is 1. The number of fused-ring (bicyclic) bond motifs is 1. The Labute approximate surface area is 199 Å². The quantitative estimate of drug-likeness (QED) is 0.126. The highest BCUT2D eigenvalue weighted by Gasteiger charge is 2.46. The van der Waals surface area contributed by atoms with Crippen molar-refractivity contribution in [3.63, 3.8) is 0 Å². The fourth-order valence-electron chi connectivity index (χ4n) is 3.66. The minimum atomic E-state index is -1.10. The molecule has 2 heterocycles. The number of benzene rings is 1. The number of hydrogen-bond acceptors (Lipinski definition) is 8. The van der Waals surface area contributed by atoms with E-state index >= 15 is 0 Å². The van der Waals surface area contributed by atoms with Crippen molar-refractivity contribution in [1.29, 1.82) is 0 Å². The van der Waals surface area contributed by atoms with Crippen molar-refractivity contribution in [3.05, 3.63) is 39.8 Å². The van der Waals surface area contributed by atoms with Gasteiger partial charge >= 0.3 is 0 Å². The van der Waals surface area contributed by atoms with Gasteiger partial charge in [0.2, 0.25) is 17.7 Å². The van der Waals surface area contributed by atoms with E-state index in [1.807, 2.05) is 0 Å². The fraction of sp³-hybridized carbons (Fsp3) is 0.429. The minimum Gasteiger partial charge on any atom is -0.483 e. The van der Waals surface area contributed by atoms with E-state index in [4.69, 9.17) is 10.3 Å². The van der Waals surface area contributed by atoms with Gasteiger partial charge in [0.05, 0.1) is 11.1 Å². The molecule has 1 fully saturated rings. The Bertz CT molecular complexity index is 1110. The SMILES string of the molecule is [N-]=[N+]=NCC(=O)NCCCCNC(=O)COc1cccc2c1C(=O)N(C1CCC(=O)NC1=O)C2=O. The molecule has 1 aromatic rings. The second-order valence-corrected chi connectivity index (χ2v) is 7.71. The van der Waals surface area contributed by atoms with Gasteiger partial charge in [0.15, 0.2) is 6.61 Å². The van der Waals surface area contributed by atoms with Crippen LogP contribution in [0.2, 0.25) is 0 Å². The summed E-state index contributed by atoms with van der Waals surface area (Å²) in [7, 11) is 0. The lowest BCUT2D eigenvalue weighted by atomic mass is 10.0. The number of imide groups is 2. The number of rotatable bonds is 11. The van der Waals surface area contributed by atoms with Gasteiger partial charge in [0.1, 0.15) is 18.3 Å². The van der Waals surface area contributed by atoms with Crippen LogP contribution < -0.4 is 20.7 Å². The van der Waals surface area contributed by atoms with Gasteiger partial charge in [-0.25, -0.2) is 0 Å². The summed E-state index contributed by atoms with van der Waals surface area (Å²) < 4.78 is 5.49.